The van der Waals surface area contributed by atoms with E-state index in [9.17, 15) is 14.4 Å². The second-order valence-corrected chi connectivity index (χ2v) is 5.42. The van der Waals surface area contributed by atoms with E-state index in [4.69, 9.17) is 4.74 Å². The molecular formula is C16H20N4O4. The lowest BCUT2D eigenvalue weighted by molar-refractivity contribution is -0.149. The fraction of sp³-hybridized carbons (Fsp3) is 0.438. The third kappa shape index (κ3) is 4.61. The van der Waals surface area contributed by atoms with E-state index in [0.29, 0.717) is 10.9 Å². The lowest BCUT2D eigenvalue weighted by atomic mass is 10.2. The second-order valence-electron chi connectivity index (χ2n) is 5.42. The Morgan fingerprint density at radius 2 is 2.08 bits per heavy atom. The Labute approximate surface area is 138 Å². The smallest absolute Gasteiger partial charge is 0.308 e. The summed E-state index contributed by atoms with van der Waals surface area (Å²) >= 11 is 0. The van der Waals surface area contributed by atoms with Crippen molar-refractivity contribution in [3.05, 3.63) is 34.6 Å². The van der Waals surface area contributed by atoms with Crippen molar-refractivity contribution in [3.8, 4) is 0 Å². The van der Waals surface area contributed by atoms with Crippen LogP contribution in [0.1, 0.15) is 26.7 Å². The first-order valence-corrected chi connectivity index (χ1v) is 7.78. The summed E-state index contributed by atoms with van der Waals surface area (Å²) in [5.41, 5.74) is 0.186. The van der Waals surface area contributed by atoms with Gasteiger partial charge in [0.25, 0.3) is 11.5 Å². The van der Waals surface area contributed by atoms with Crippen LogP contribution < -0.4 is 10.9 Å². The van der Waals surface area contributed by atoms with Crippen LogP contribution in [-0.2, 0) is 20.9 Å². The third-order valence-electron chi connectivity index (χ3n) is 3.54. The Balaban J connectivity index is 1.87. The van der Waals surface area contributed by atoms with Crippen LogP contribution in [0, 0.1) is 0 Å². The van der Waals surface area contributed by atoms with Crippen LogP contribution in [0.15, 0.2) is 29.1 Å². The van der Waals surface area contributed by atoms with Gasteiger partial charge in [0.15, 0.2) is 6.61 Å². The number of rotatable bonds is 7. The number of benzene rings is 1. The molecule has 1 atom stereocenters. The summed E-state index contributed by atoms with van der Waals surface area (Å²) in [7, 11) is 0. The summed E-state index contributed by atoms with van der Waals surface area (Å²) < 4.78 is 6.00. The third-order valence-corrected chi connectivity index (χ3v) is 3.54. The molecular weight excluding hydrogens is 312 g/mol. The van der Waals surface area contributed by atoms with Crippen LogP contribution in [0.3, 0.4) is 0 Å². The summed E-state index contributed by atoms with van der Waals surface area (Å²) in [6.45, 7) is 3.52. The van der Waals surface area contributed by atoms with E-state index in [1.54, 1.807) is 24.3 Å². The second kappa shape index (κ2) is 8.19. The van der Waals surface area contributed by atoms with Gasteiger partial charge in [0, 0.05) is 6.04 Å². The first kappa shape index (κ1) is 17.6. The molecule has 0 aliphatic heterocycles. The molecule has 24 heavy (non-hydrogen) atoms. The van der Waals surface area contributed by atoms with Gasteiger partial charge in [0.05, 0.1) is 18.4 Å². The Morgan fingerprint density at radius 3 is 2.83 bits per heavy atom. The number of esters is 1. The predicted octanol–water partition coefficient (Wildman–Crippen LogP) is 0.639. The van der Waals surface area contributed by atoms with Gasteiger partial charge in [-0.3, -0.25) is 14.4 Å². The number of nitrogens with zero attached hydrogens (tertiary/aromatic N) is 3. The van der Waals surface area contributed by atoms with E-state index >= 15 is 0 Å². The highest BCUT2D eigenvalue weighted by Crippen LogP contribution is 2.03. The molecule has 0 fully saturated rings. The van der Waals surface area contributed by atoms with Crippen LogP contribution in [0.4, 0.5) is 0 Å². The van der Waals surface area contributed by atoms with Gasteiger partial charge < -0.3 is 10.1 Å². The molecule has 1 heterocycles. The Kier molecular flexibility index (Phi) is 6.00. The number of fused-ring (bicyclic) bond motifs is 1. The normalized spacial score (nSPS) is 11.9. The molecule has 8 nitrogen and oxygen atoms in total. The number of nitrogens with one attached hydrogen (secondary N) is 1. The van der Waals surface area contributed by atoms with Crippen molar-refractivity contribution in [2.45, 2.75) is 39.3 Å². The minimum atomic E-state index is -0.573. The van der Waals surface area contributed by atoms with Gasteiger partial charge in [-0.15, -0.1) is 5.10 Å². The summed E-state index contributed by atoms with van der Waals surface area (Å²) in [6.07, 6.45) is 0.729. The largest absolute Gasteiger partial charge is 0.456 e. The van der Waals surface area contributed by atoms with Crippen molar-refractivity contribution >= 4 is 22.8 Å². The highest BCUT2D eigenvalue weighted by atomic mass is 16.5. The average molecular weight is 332 g/mol. The maximum Gasteiger partial charge on any atom is 0.308 e. The molecule has 2 rings (SSSR count). The maximum absolute atomic E-state index is 12.2. The molecule has 0 saturated heterocycles. The molecule has 2 aromatic rings. The average Bonchev–Trinajstić information content (AvgIpc) is 2.59. The van der Waals surface area contributed by atoms with Crippen molar-refractivity contribution < 1.29 is 14.3 Å². The molecule has 0 bridgehead atoms. The summed E-state index contributed by atoms with van der Waals surface area (Å²) in [5.74, 6) is -0.920. The van der Waals surface area contributed by atoms with Gasteiger partial charge in [-0.05, 0) is 25.5 Å². The Morgan fingerprint density at radius 1 is 1.33 bits per heavy atom. The van der Waals surface area contributed by atoms with Gasteiger partial charge >= 0.3 is 5.97 Å². The van der Waals surface area contributed by atoms with E-state index in [2.05, 4.69) is 15.6 Å². The molecule has 0 aliphatic carbocycles. The fourth-order valence-corrected chi connectivity index (χ4v) is 2.00. The number of aromatic nitrogens is 3. The molecule has 1 amide bonds. The molecule has 128 valence electrons. The number of hydrogen-bond acceptors (Lipinski definition) is 6. The van der Waals surface area contributed by atoms with Gasteiger partial charge in [0.2, 0.25) is 0 Å². The van der Waals surface area contributed by atoms with Crippen LogP contribution in [0.25, 0.3) is 10.9 Å². The van der Waals surface area contributed by atoms with E-state index in [1.165, 1.54) is 0 Å². The van der Waals surface area contributed by atoms with E-state index in [-0.39, 0.29) is 37.1 Å². The molecule has 1 N–H and O–H groups in total. The zero-order chi connectivity index (χ0) is 17.5. The summed E-state index contributed by atoms with van der Waals surface area (Å²) in [5, 5.41) is 10.9. The van der Waals surface area contributed by atoms with Crippen molar-refractivity contribution in [3.63, 3.8) is 0 Å². The number of aryl methyl sites for hydroxylation is 1. The lowest BCUT2D eigenvalue weighted by Gasteiger charge is -2.11. The number of carbonyl (C=O) groups excluding carboxylic acids is 2. The SMILES string of the molecule is CCC(C)NC(=O)COC(=O)CCn1nnc2ccccc2c1=O. The molecule has 0 radical (unpaired) electrons. The summed E-state index contributed by atoms with van der Waals surface area (Å²) in [4.78, 5) is 35.4. The quantitative estimate of drug-likeness (QED) is 0.746. The first-order chi connectivity index (χ1) is 11.5. The van der Waals surface area contributed by atoms with Gasteiger partial charge in [-0.25, -0.2) is 4.68 Å². The van der Waals surface area contributed by atoms with Gasteiger partial charge in [-0.1, -0.05) is 24.3 Å². The number of carbonyl (C=O) groups is 2. The Bertz CT molecular complexity index is 787. The van der Waals surface area contributed by atoms with Crippen molar-refractivity contribution in [1.82, 2.24) is 20.3 Å². The molecule has 1 aromatic heterocycles. The molecule has 1 aromatic carbocycles. The van der Waals surface area contributed by atoms with Crippen LogP contribution in [-0.4, -0.2) is 39.5 Å². The molecule has 0 aliphatic rings. The molecule has 1 unspecified atom stereocenters. The molecule has 0 spiro atoms. The van der Waals surface area contributed by atoms with Crippen molar-refractivity contribution in [2.24, 2.45) is 0 Å². The highest BCUT2D eigenvalue weighted by Gasteiger charge is 2.11. The maximum atomic E-state index is 12.2. The number of ether oxygens (including phenoxy) is 1. The van der Waals surface area contributed by atoms with Crippen molar-refractivity contribution in [2.75, 3.05) is 6.61 Å². The monoisotopic (exact) mass is 332 g/mol. The first-order valence-electron chi connectivity index (χ1n) is 7.78. The predicted molar refractivity (Wildman–Crippen MR) is 87.3 cm³/mol. The Hall–Kier alpha value is -2.77. The molecule has 0 saturated carbocycles. The van der Waals surface area contributed by atoms with Gasteiger partial charge in [0.1, 0.15) is 5.52 Å². The number of hydrogen-bond donors (Lipinski definition) is 1. The zero-order valence-electron chi connectivity index (χ0n) is 13.7. The van der Waals surface area contributed by atoms with E-state index in [0.717, 1.165) is 11.1 Å². The lowest BCUT2D eigenvalue weighted by Crippen LogP contribution is -2.35. The minimum absolute atomic E-state index is 0.0302. The van der Waals surface area contributed by atoms with Crippen molar-refractivity contribution in [1.29, 1.82) is 0 Å². The van der Waals surface area contributed by atoms with Crippen LogP contribution >= 0.6 is 0 Å². The standard InChI is InChI=1S/C16H20N4O4/c1-3-11(2)17-14(21)10-24-15(22)8-9-20-16(23)12-6-4-5-7-13(12)18-19-20/h4-7,11H,3,8-10H2,1-2H3,(H,17,21). The van der Waals surface area contributed by atoms with Crippen LogP contribution in [0.5, 0.6) is 0 Å². The molecule has 8 heteroatoms. The van der Waals surface area contributed by atoms with E-state index < -0.39 is 5.97 Å². The topological polar surface area (TPSA) is 103 Å². The summed E-state index contributed by atoms with van der Waals surface area (Å²) in [6, 6.07) is 6.88. The fourth-order valence-electron chi connectivity index (χ4n) is 2.00. The zero-order valence-corrected chi connectivity index (χ0v) is 13.7. The minimum Gasteiger partial charge on any atom is -0.456 e. The van der Waals surface area contributed by atoms with E-state index in [1.807, 2.05) is 13.8 Å². The highest BCUT2D eigenvalue weighted by molar-refractivity contribution is 5.80. The van der Waals surface area contributed by atoms with Crippen LogP contribution in [0.2, 0.25) is 0 Å². The number of amides is 1. The van der Waals surface area contributed by atoms with Gasteiger partial charge in [-0.2, -0.15) is 0 Å².